The largest absolute Gasteiger partial charge is 0.459 e. The van der Waals surface area contributed by atoms with Gasteiger partial charge in [-0.3, -0.25) is 20.2 Å². The number of furan rings is 1. The lowest BCUT2D eigenvalue weighted by atomic mass is 10.2. The summed E-state index contributed by atoms with van der Waals surface area (Å²) in [5, 5.41) is 8.53. The van der Waals surface area contributed by atoms with Gasteiger partial charge in [0.2, 0.25) is 0 Å². The normalized spacial score (nSPS) is 10.7. The topological polar surface area (TPSA) is 97.1 Å². The van der Waals surface area contributed by atoms with Crippen LogP contribution in [-0.4, -0.2) is 21.8 Å². The molecule has 0 atom stereocenters. The van der Waals surface area contributed by atoms with Crippen molar-refractivity contribution < 1.29 is 14.0 Å². The third-order valence-electron chi connectivity index (χ3n) is 3.84. The standard InChI is InChI=1S/C19H13ClN4O3S2/c1-10-15(13-9-28-18(22-13)24-17(26)14-7-4-8-27-14)29-19(21-10)23-16(25)11-5-2-3-6-12(11)20/h2-9H,1H3,(H,21,23,25)(H,22,24,26). The van der Waals surface area contributed by atoms with Crippen molar-refractivity contribution in [3.05, 3.63) is 70.1 Å². The summed E-state index contributed by atoms with van der Waals surface area (Å²) in [4.78, 5) is 34.1. The van der Waals surface area contributed by atoms with E-state index in [4.69, 9.17) is 16.0 Å². The molecule has 3 heterocycles. The second kappa shape index (κ2) is 8.16. The number of carbonyl (C=O) groups is 2. The predicted octanol–water partition coefficient (Wildman–Crippen LogP) is 5.33. The molecule has 0 spiro atoms. The van der Waals surface area contributed by atoms with Crippen LogP contribution in [0.25, 0.3) is 10.6 Å². The number of benzene rings is 1. The maximum atomic E-state index is 12.4. The molecule has 0 aliphatic rings. The van der Waals surface area contributed by atoms with Gasteiger partial charge in [0.25, 0.3) is 11.8 Å². The van der Waals surface area contributed by atoms with Crippen LogP contribution in [0.15, 0.2) is 52.5 Å². The van der Waals surface area contributed by atoms with Crippen LogP contribution in [0.1, 0.15) is 26.6 Å². The van der Waals surface area contributed by atoms with Gasteiger partial charge in [-0.2, -0.15) is 0 Å². The van der Waals surface area contributed by atoms with Crippen molar-refractivity contribution in [3.63, 3.8) is 0 Å². The lowest BCUT2D eigenvalue weighted by Crippen LogP contribution is -2.12. The van der Waals surface area contributed by atoms with E-state index < -0.39 is 0 Å². The summed E-state index contributed by atoms with van der Waals surface area (Å²) in [5.41, 5.74) is 1.76. The first-order chi connectivity index (χ1) is 14.0. The van der Waals surface area contributed by atoms with Gasteiger partial charge < -0.3 is 4.42 Å². The zero-order valence-electron chi connectivity index (χ0n) is 14.9. The Balaban J connectivity index is 1.50. The number of rotatable bonds is 5. The highest BCUT2D eigenvalue weighted by molar-refractivity contribution is 7.20. The Morgan fingerprint density at radius 1 is 1.03 bits per heavy atom. The van der Waals surface area contributed by atoms with Crippen LogP contribution in [0.5, 0.6) is 0 Å². The van der Waals surface area contributed by atoms with E-state index in [0.29, 0.717) is 26.5 Å². The molecule has 2 N–H and O–H groups in total. The summed E-state index contributed by atoms with van der Waals surface area (Å²) in [6, 6.07) is 10.0. The Labute approximate surface area is 178 Å². The van der Waals surface area contributed by atoms with Crippen LogP contribution < -0.4 is 10.6 Å². The summed E-state index contributed by atoms with van der Waals surface area (Å²) in [7, 11) is 0. The molecule has 146 valence electrons. The van der Waals surface area contributed by atoms with Gasteiger partial charge in [-0.15, -0.1) is 11.3 Å². The molecule has 1 aromatic carbocycles. The summed E-state index contributed by atoms with van der Waals surface area (Å²) in [6.45, 7) is 1.83. The molecule has 3 aromatic heterocycles. The zero-order valence-corrected chi connectivity index (χ0v) is 17.3. The van der Waals surface area contributed by atoms with E-state index in [1.165, 1.54) is 28.9 Å². The van der Waals surface area contributed by atoms with Crippen molar-refractivity contribution >= 4 is 56.4 Å². The molecule has 10 heteroatoms. The number of halogens is 1. The van der Waals surface area contributed by atoms with Crippen LogP contribution in [0.4, 0.5) is 10.3 Å². The van der Waals surface area contributed by atoms with E-state index >= 15 is 0 Å². The molecule has 0 aliphatic heterocycles. The van der Waals surface area contributed by atoms with Crippen LogP contribution in [0, 0.1) is 6.92 Å². The molecule has 0 saturated carbocycles. The fourth-order valence-corrected chi connectivity index (χ4v) is 4.41. The van der Waals surface area contributed by atoms with Crippen molar-refractivity contribution in [2.24, 2.45) is 0 Å². The molecule has 0 unspecified atom stereocenters. The fourth-order valence-electron chi connectivity index (χ4n) is 2.50. The number of amides is 2. The SMILES string of the molecule is Cc1nc(NC(=O)c2ccccc2Cl)sc1-c1csc(NC(=O)c2ccco2)n1. The van der Waals surface area contributed by atoms with Crippen molar-refractivity contribution in [2.45, 2.75) is 6.92 Å². The third-order valence-corrected chi connectivity index (χ3v) is 6.02. The Morgan fingerprint density at radius 2 is 1.83 bits per heavy atom. The smallest absolute Gasteiger partial charge is 0.293 e. The van der Waals surface area contributed by atoms with Gasteiger partial charge in [0.05, 0.1) is 33.1 Å². The lowest BCUT2D eigenvalue weighted by Gasteiger charge is -2.03. The van der Waals surface area contributed by atoms with Crippen molar-refractivity contribution in [1.29, 1.82) is 0 Å². The minimum Gasteiger partial charge on any atom is -0.459 e. The molecular formula is C19H13ClN4O3S2. The first-order valence-corrected chi connectivity index (χ1v) is 10.4. The van der Waals surface area contributed by atoms with Gasteiger partial charge in [-0.05, 0) is 31.2 Å². The first kappa shape index (κ1) is 19.3. The number of carbonyl (C=O) groups excluding carboxylic acids is 2. The van der Waals surface area contributed by atoms with Gasteiger partial charge in [0.15, 0.2) is 16.0 Å². The van der Waals surface area contributed by atoms with Gasteiger partial charge in [0.1, 0.15) is 0 Å². The van der Waals surface area contributed by atoms with E-state index in [1.54, 1.807) is 36.4 Å². The molecule has 0 bridgehead atoms. The van der Waals surface area contributed by atoms with E-state index in [1.807, 2.05) is 12.3 Å². The Kier molecular flexibility index (Phi) is 5.43. The van der Waals surface area contributed by atoms with Crippen LogP contribution in [0.3, 0.4) is 0 Å². The molecule has 0 fully saturated rings. The Morgan fingerprint density at radius 3 is 2.59 bits per heavy atom. The molecule has 0 saturated heterocycles. The van der Waals surface area contributed by atoms with Crippen molar-refractivity contribution in [1.82, 2.24) is 9.97 Å². The number of anilines is 2. The average molecular weight is 445 g/mol. The number of hydrogen-bond acceptors (Lipinski definition) is 7. The monoisotopic (exact) mass is 444 g/mol. The van der Waals surface area contributed by atoms with E-state index in [0.717, 1.165) is 10.6 Å². The van der Waals surface area contributed by atoms with E-state index in [-0.39, 0.29) is 17.6 Å². The van der Waals surface area contributed by atoms with E-state index in [9.17, 15) is 9.59 Å². The highest BCUT2D eigenvalue weighted by atomic mass is 35.5. The molecule has 4 rings (SSSR count). The highest BCUT2D eigenvalue weighted by Gasteiger charge is 2.18. The molecule has 0 aliphatic carbocycles. The summed E-state index contributed by atoms with van der Waals surface area (Å²) < 4.78 is 5.07. The average Bonchev–Trinajstić information content (AvgIpc) is 3.43. The number of aryl methyl sites for hydroxylation is 1. The first-order valence-electron chi connectivity index (χ1n) is 8.35. The molecule has 7 nitrogen and oxygen atoms in total. The Hall–Kier alpha value is -3.01. The molecular weight excluding hydrogens is 432 g/mol. The molecule has 2 amide bonds. The number of aromatic nitrogens is 2. The highest BCUT2D eigenvalue weighted by Crippen LogP contribution is 2.35. The number of thiazole rings is 2. The van der Waals surface area contributed by atoms with Gasteiger partial charge in [-0.1, -0.05) is 35.1 Å². The summed E-state index contributed by atoms with van der Waals surface area (Å²) >= 11 is 8.66. The third kappa shape index (κ3) is 4.21. The maximum Gasteiger partial charge on any atom is 0.293 e. The minimum absolute atomic E-state index is 0.209. The van der Waals surface area contributed by atoms with Crippen LogP contribution >= 0.6 is 34.3 Å². The number of hydrogen-bond donors (Lipinski definition) is 2. The number of nitrogens with zero attached hydrogens (tertiary/aromatic N) is 2. The maximum absolute atomic E-state index is 12.4. The lowest BCUT2D eigenvalue weighted by molar-refractivity contribution is 0.0994. The second-order valence-corrected chi connectivity index (χ2v) is 8.10. The minimum atomic E-state index is -0.371. The van der Waals surface area contributed by atoms with Crippen molar-refractivity contribution in [3.8, 4) is 10.6 Å². The van der Waals surface area contributed by atoms with Crippen LogP contribution in [-0.2, 0) is 0 Å². The van der Waals surface area contributed by atoms with Crippen molar-refractivity contribution in [2.75, 3.05) is 10.6 Å². The molecule has 4 aromatic rings. The number of nitrogens with one attached hydrogen (secondary N) is 2. The fraction of sp³-hybridized carbons (Fsp3) is 0.0526. The van der Waals surface area contributed by atoms with Gasteiger partial charge in [0, 0.05) is 5.38 Å². The summed E-state index contributed by atoms with van der Waals surface area (Å²) in [6.07, 6.45) is 1.43. The van der Waals surface area contributed by atoms with Crippen LogP contribution in [0.2, 0.25) is 5.02 Å². The predicted molar refractivity (Wildman–Crippen MR) is 114 cm³/mol. The molecule has 29 heavy (non-hydrogen) atoms. The van der Waals surface area contributed by atoms with E-state index in [2.05, 4.69) is 20.6 Å². The second-order valence-electron chi connectivity index (χ2n) is 5.84. The quantitative estimate of drug-likeness (QED) is 0.433. The zero-order chi connectivity index (χ0) is 20.4. The van der Waals surface area contributed by atoms with Gasteiger partial charge >= 0.3 is 0 Å². The molecule has 0 radical (unpaired) electrons. The summed E-state index contributed by atoms with van der Waals surface area (Å²) in [5.74, 6) is -0.495. The van der Waals surface area contributed by atoms with Gasteiger partial charge in [-0.25, -0.2) is 9.97 Å². The Bertz CT molecular complexity index is 1180.